The Hall–Kier alpha value is -2.86. The number of nitrogens with one attached hydrogen (secondary N) is 2. The normalized spacial score (nSPS) is 11.0. The second kappa shape index (κ2) is 7.42. The maximum atomic E-state index is 11.7. The highest BCUT2D eigenvalue weighted by Gasteiger charge is 2.13. The fraction of sp³-hybridized carbons (Fsp3) is 0.0625. The first kappa shape index (κ1) is 16.5. The van der Waals surface area contributed by atoms with E-state index in [2.05, 4.69) is 15.8 Å². The molecule has 0 atom stereocenters. The molecule has 0 aliphatic carbocycles. The van der Waals surface area contributed by atoms with E-state index in [0.717, 1.165) is 0 Å². The summed E-state index contributed by atoms with van der Waals surface area (Å²) in [6.45, 7) is 1.67. The number of phenols is 1. The highest BCUT2D eigenvalue weighted by atomic mass is 35.5. The van der Waals surface area contributed by atoms with Gasteiger partial charge in [0, 0.05) is 10.7 Å². The fourth-order valence-corrected chi connectivity index (χ4v) is 1.90. The van der Waals surface area contributed by atoms with Crippen molar-refractivity contribution in [1.82, 2.24) is 5.43 Å². The monoisotopic (exact) mass is 331 g/mol. The van der Waals surface area contributed by atoms with Crippen LogP contribution in [0.4, 0.5) is 5.69 Å². The van der Waals surface area contributed by atoms with Crippen molar-refractivity contribution in [3.8, 4) is 5.75 Å². The van der Waals surface area contributed by atoms with Gasteiger partial charge in [0.25, 0.3) is 0 Å². The van der Waals surface area contributed by atoms with Crippen LogP contribution in [0, 0.1) is 0 Å². The summed E-state index contributed by atoms with van der Waals surface area (Å²) in [5, 5.41) is 15.9. The molecule has 0 aromatic heterocycles. The molecule has 0 aliphatic rings. The predicted octanol–water partition coefficient (Wildman–Crippen LogP) is 2.52. The third-order valence-electron chi connectivity index (χ3n) is 2.90. The third-order valence-corrected chi connectivity index (χ3v) is 3.13. The number of anilines is 1. The van der Waals surface area contributed by atoms with E-state index in [0.29, 0.717) is 22.0 Å². The number of rotatable bonds is 3. The van der Waals surface area contributed by atoms with Gasteiger partial charge < -0.3 is 10.4 Å². The minimum atomic E-state index is -0.900. The quantitative estimate of drug-likeness (QED) is 0.458. The molecular weight excluding hydrogens is 318 g/mol. The van der Waals surface area contributed by atoms with E-state index in [9.17, 15) is 14.7 Å². The maximum absolute atomic E-state index is 11.7. The standard InChI is InChI=1S/C16H14ClN3O3/c1-10(11-5-7-14(21)8-6-11)19-20-16(23)15(22)18-13-4-2-3-12(17)9-13/h2-9,21H,1H3,(H,18,22)(H,20,23). The molecule has 0 saturated carbocycles. The molecule has 0 heterocycles. The average Bonchev–Trinajstić information content (AvgIpc) is 2.53. The first-order chi connectivity index (χ1) is 11.0. The smallest absolute Gasteiger partial charge is 0.329 e. The van der Waals surface area contributed by atoms with Crippen molar-refractivity contribution in [3.05, 3.63) is 59.1 Å². The molecule has 0 unspecified atom stereocenters. The van der Waals surface area contributed by atoms with Crippen LogP contribution in [0.15, 0.2) is 53.6 Å². The van der Waals surface area contributed by atoms with Crippen LogP contribution in [0.25, 0.3) is 0 Å². The third kappa shape index (κ3) is 4.82. The van der Waals surface area contributed by atoms with E-state index in [4.69, 9.17) is 11.6 Å². The average molecular weight is 332 g/mol. The molecule has 0 fully saturated rings. The van der Waals surface area contributed by atoms with Crippen molar-refractivity contribution < 1.29 is 14.7 Å². The van der Waals surface area contributed by atoms with Crippen molar-refractivity contribution in [3.63, 3.8) is 0 Å². The number of benzene rings is 2. The van der Waals surface area contributed by atoms with E-state index < -0.39 is 11.8 Å². The lowest BCUT2D eigenvalue weighted by molar-refractivity contribution is -0.136. The number of hydrazone groups is 1. The molecule has 23 heavy (non-hydrogen) atoms. The van der Waals surface area contributed by atoms with Gasteiger partial charge in [0.2, 0.25) is 0 Å². The Bertz CT molecular complexity index is 757. The first-order valence-electron chi connectivity index (χ1n) is 6.66. The summed E-state index contributed by atoms with van der Waals surface area (Å²) < 4.78 is 0. The van der Waals surface area contributed by atoms with Gasteiger partial charge in [-0.3, -0.25) is 9.59 Å². The summed E-state index contributed by atoms with van der Waals surface area (Å²) >= 11 is 5.80. The second-order valence-corrected chi connectivity index (χ2v) is 5.09. The van der Waals surface area contributed by atoms with Crippen LogP contribution in [-0.4, -0.2) is 22.6 Å². The SMILES string of the molecule is CC(=NNC(=O)C(=O)Nc1cccc(Cl)c1)c1ccc(O)cc1. The minimum absolute atomic E-state index is 0.131. The molecule has 0 aliphatic heterocycles. The number of halogens is 1. The predicted molar refractivity (Wildman–Crippen MR) is 88.5 cm³/mol. The topological polar surface area (TPSA) is 90.8 Å². The molecular formula is C16H14ClN3O3. The number of carbonyl (C=O) groups excluding carboxylic acids is 2. The Morgan fingerprint density at radius 3 is 2.43 bits per heavy atom. The summed E-state index contributed by atoms with van der Waals surface area (Å²) in [6.07, 6.45) is 0. The van der Waals surface area contributed by atoms with Crippen molar-refractivity contribution in [2.24, 2.45) is 5.10 Å². The lowest BCUT2D eigenvalue weighted by atomic mass is 10.1. The zero-order valence-corrected chi connectivity index (χ0v) is 13.0. The second-order valence-electron chi connectivity index (χ2n) is 4.65. The Morgan fingerprint density at radius 2 is 1.78 bits per heavy atom. The number of amides is 2. The van der Waals surface area contributed by atoms with Gasteiger partial charge in [-0.1, -0.05) is 17.7 Å². The minimum Gasteiger partial charge on any atom is -0.508 e. The molecule has 0 spiro atoms. The molecule has 2 amide bonds. The van der Waals surface area contributed by atoms with Crippen LogP contribution in [-0.2, 0) is 9.59 Å². The van der Waals surface area contributed by atoms with Crippen LogP contribution >= 0.6 is 11.6 Å². The number of hydrogen-bond donors (Lipinski definition) is 3. The lowest BCUT2D eigenvalue weighted by Gasteiger charge is -2.05. The Balaban J connectivity index is 1.96. The zero-order chi connectivity index (χ0) is 16.8. The number of hydrogen-bond acceptors (Lipinski definition) is 4. The molecule has 6 nitrogen and oxygen atoms in total. The van der Waals surface area contributed by atoms with Crippen molar-refractivity contribution >= 4 is 34.8 Å². The summed E-state index contributed by atoms with van der Waals surface area (Å²) in [7, 11) is 0. The highest BCUT2D eigenvalue weighted by molar-refractivity contribution is 6.39. The van der Waals surface area contributed by atoms with E-state index in [-0.39, 0.29) is 5.75 Å². The zero-order valence-electron chi connectivity index (χ0n) is 12.2. The Kier molecular flexibility index (Phi) is 5.32. The van der Waals surface area contributed by atoms with Crippen LogP contribution in [0.2, 0.25) is 5.02 Å². The summed E-state index contributed by atoms with van der Waals surface area (Å²) in [4.78, 5) is 23.5. The van der Waals surface area contributed by atoms with Crippen LogP contribution in [0.1, 0.15) is 12.5 Å². The molecule has 0 bridgehead atoms. The van der Waals surface area contributed by atoms with Crippen molar-refractivity contribution in [2.75, 3.05) is 5.32 Å². The van der Waals surface area contributed by atoms with Crippen LogP contribution < -0.4 is 10.7 Å². The van der Waals surface area contributed by atoms with Gasteiger partial charge in [0.1, 0.15) is 5.75 Å². The van der Waals surface area contributed by atoms with Crippen molar-refractivity contribution in [2.45, 2.75) is 6.92 Å². The van der Waals surface area contributed by atoms with Gasteiger partial charge in [0.05, 0.1) is 5.71 Å². The van der Waals surface area contributed by atoms with E-state index in [1.807, 2.05) is 0 Å². The Labute approximate surface area is 137 Å². The summed E-state index contributed by atoms with van der Waals surface area (Å²) in [6, 6.07) is 12.7. The van der Waals surface area contributed by atoms with E-state index >= 15 is 0 Å². The van der Waals surface area contributed by atoms with E-state index in [1.54, 1.807) is 37.3 Å². The molecule has 118 valence electrons. The number of carbonyl (C=O) groups is 2. The fourth-order valence-electron chi connectivity index (χ4n) is 1.71. The van der Waals surface area contributed by atoms with Gasteiger partial charge in [-0.05, 0) is 55.0 Å². The molecule has 2 aromatic rings. The van der Waals surface area contributed by atoms with Gasteiger partial charge >= 0.3 is 11.8 Å². The molecule has 0 saturated heterocycles. The molecule has 2 rings (SSSR count). The lowest BCUT2D eigenvalue weighted by Crippen LogP contribution is -2.32. The molecule has 0 radical (unpaired) electrons. The van der Waals surface area contributed by atoms with E-state index in [1.165, 1.54) is 18.2 Å². The molecule has 3 N–H and O–H groups in total. The maximum Gasteiger partial charge on any atom is 0.329 e. The number of nitrogens with zero attached hydrogens (tertiary/aromatic N) is 1. The molecule has 7 heteroatoms. The highest BCUT2D eigenvalue weighted by Crippen LogP contribution is 2.14. The van der Waals surface area contributed by atoms with Gasteiger partial charge in [0.15, 0.2) is 0 Å². The van der Waals surface area contributed by atoms with Gasteiger partial charge in [-0.15, -0.1) is 0 Å². The number of aromatic hydroxyl groups is 1. The van der Waals surface area contributed by atoms with Gasteiger partial charge in [-0.2, -0.15) is 5.10 Å². The van der Waals surface area contributed by atoms with Crippen LogP contribution in [0.5, 0.6) is 5.75 Å². The van der Waals surface area contributed by atoms with Crippen molar-refractivity contribution in [1.29, 1.82) is 0 Å². The summed E-state index contributed by atoms with van der Waals surface area (Å²) in [5.74, 6) is -1.62. The van der Waals surface area contributed by atoms with Gasteiger partial charge in [-0.25, -0.2) is 5.43 Å². The Morgan fingerprint density at radius 1 is 1.09 bits per heavy atom. The number of phenolic OH excluding ortho intramolecular Hbond substituents is 1. The van der Waals surface area contributed by atoms with Crippen LogP contribution in [0.3, 0.4) is 0 Å². The molecule has 2 aromatic carbocycles. The summed E-state index contributed by atoms with van der Waals surface area (Å²) in [5.41, 5.74) is 3.79. The first-order valence-corrected chi connectivity index (χ1v) is 7.04. The largest absolute Gasteiger partial charge is 0.508 e.